The van der Waals surface area contributed by atoms with Crippen molar-refractivity contribution in [1.29, 1.82) is 1.28 Å². The fourth-order valence-corrected chi connectivity index (χ4v) is 5.97. The molecule has 0 fully saturated rings. The number of allylic oxidation sites excluding steroid dienone is 1. The van der Waals surface area contributed by atoms with Crippen LogP contribution in [0.15, 0.2) is 188 Å². The van der Waals surface area contributed by atoms with Crippen LogP contribution in [0.2, 0.25) is 0 Å². The number of fused-ring (bicyclic) bond motifs is 6. The zero-order valence-electron chi connectivity index (χ0n) is 40.3. The van der Waals surface area contributed by atoms with E-state index in [9.17, 15) is 8.59 Å². The molecule has 2 aliphatic carbocycles. The van der Waals surface area contributed by atoms with Crippen LogP contribution in [-0.2, 0) is 39.1 Å². The van der Waals surface area contributed by atoms with Crippen molar-refractivity contribution in [3.8, 4) is 22.3 Å². The molecule has 2 aliphatic rings. The molecule has 1 unspecified atom stereocenters. The maximum atomic E-state index is 10.7. The monoisotopic (exact) mass is 944 g/mol. The predicted molar refractivity (Wildman–Crippen MR) is 275 cm³/mol. The fourth-order valence-electron chi connectivity index (χ4n) is 5.97. The quantitative estimate of drug-likeness (QED) is 0.0807. The van der Waals surface area contributed by atoms with Gasteiger partial charge in [0.1, 0.15) is 0 Å². The van der Waals surface area contributed by atoms with Crippen molar-refractivity contribution < 1.29 is 47.0 Å². The van der Waals surface area contributed by atoms with Gasteiger partial charge in [0.15, 0.2) is 0 Å². The molecule has 7 aromatic carbocycles. The second kappa shape index (κ2) is 41.7. The molecule has 0 nitrogen and oxygen atoms in total. The molecule has 6 heteroatoms. The van der Waals surface area contributed by atoms with E-state index in [1.54, 1.807) is 0 Å². The number of benzene rings is 7. The van der Waals surface area contributed by atoms with Crippen LogP contribution < -0.4 is 0 Å². The Kier molecular flexibility index (Phi) is 38.8. The van der Waals surface area contributed by atoms with E-state index in [1.165, 1.54) is 73.4 Å². The first-order chi connectivity index (χ1) is 30.7. The zero-order valence-corrected chi connectivity index (χ0v) is 42.0. The third-order valence-electron chi connectivity index (χ3n) is 8.46. The van der Waals surface area contributed by atoms with Gasteiger partial charge in [0.25, 0.3) is 0 Å². The van der Waals surface area contributed by atoms with Crippen molar-refractivity contribution in [1.82, 2.24) is 0 Å². The van der Waals surface area contributed by atoms with Gasteiger partial charge in [0, 0.05) is 34.1 Å². The van der Waals surface area contributed by atoms with Gasteiger partial charge < -0.3 is 4.32 Å². The molecule has 63 heavy (non-hydrogen) atoms. The van der Waals surface area contributed by atoms with Crippen LogP contribution in [0.3, 0.4) is 0 Å². The van der Waals surface area contributed by atoms with Crippen LogP contribution >= 0.6 is 8.84 Å². The van der Waals surface area contributed by atoms with Gasteiger partial charge in [-0.3, -0.25) is 4.39 Å². The van der Waals surface area contributed by atoms with Crippen LogP contribution in [0.5, 0.6) is 0 Å². The third kappa shape index (κ3) is 24.4. The zero-order chi connectivity index (χ0) is 47.3. The normalized spacial score (nSPS) is 10.1. The predicted octanol–water partition coefficient (Wildman–Crippen LogP) is 18.0. The number of hydrogen-bond acceptors (Lipinski definition) is 0. The Morgan fingerprint density at radius 2 is 0.730 bits per heavy atom. The molecule has 3 radical (unpaired) electrons. The molecule has 1 atom stereocenters. The molecule has 0 N–H and O–H groups in total. The van der Waals surface area contributed by atoms with E-state index in [1.807, 2.05) is 89.2 Å². The van der Waals surface area contributed by atoms with Gasteiger partial charge >= 0.3 is 8.12 Å². The third-order valence-corrected chi connectivity index (χ3v) is 8.46. The molecule has 0 saturated heterocycles. The van der Waals surface area contributed by atoms with E-state index < -0.39 is 15.5 Å². The summed E-state index contributed by atoms with van der Waals surface area (Å²) in [5.41, 5.74) is 16.2. The summed E-state index contributed by atoms with van der Waals surface area (Å²) >= 11 is 0. The molecule has 0 aliphatic heterocycles. The molecule has 7 aromatic rings. The van der Waals surface area contributed by atoms with Gasteiger partial charge in [0.05, 0.1) is 16.8 Å². The smallest absolute Gasteiger partial charge is 0.350 e. The molecule has 0 bridgehead atoms. The summed E-state index contributed by atoms with van der Waals surface area (Å²) in [6.45, 7) is 16.9. The van der Waals surface area contributed by atoms with E-state index in [0.717, 1.165) is 6.42 Å². The Morgan fingerprint density at radius 3 is 0.952 bits per heavy atom. The van der Waals surface area contributed by atoms with E-state index in [0.29, 0.717) is 0 Å². The van der Waals surface area contributed by atoms with Crippen LogP contribution in [0, 0.1) is 26.8 Å². The summed E-state index contributed by atoms with van der Waals surface area (Å²) in [4.78, 5) is 0. The molecule has 9 rings (SSSR count). The van der Waals surface area contributed by atoms with Gasteiger partial charge in [-0.05, 0) is 63.0 Å². The second-order valence-corrected chi connectivity index (χ2v) is 12.9. The maximum Gasteiger partial charge on any atom is 0.350 e. The standard InChI is InChI=1S/C15H11.C13H10.3C7H8.C2H5F.2C2H6.CH4FP.CH4.BF.Y/c1-2-11-12-7-3-5-9-14(12)15-10-6-4-8-13(11)15;1-3-7-12-10(5-1)9-11-6-2-4-8-13(11)12;3*1-7-5-3-2-4-6-7;1-2-3;2*1-2;1-3-2;;1-2;/h3-10H,1H3;1-8H,9H2;3*2-6H,1H3;2H2,1H3;2*1-2H3;3H,1H3;1H4;;/q-1;;;;;;;;;;;/i;;;;;1D;;;3D;;;. The molecule has 0 spiro atoms. The molecule has 331 valence electrons. The van der Waals surface area contributed by atoms with Gasteiger partial charge in [-0.2, -0.15) is 5.57 Å². The topological polar surface area (TPSA) is 0 Å². The van der Waals surface area contributed by atoms with Crippen molar-refractivity contribution in [3.63, 3.8) is 0 Å². The van der Waals surface area contributed by atoms with E-state index in [2.05, 4.69) is 168 Å². The fraction of sp³-hybridized carbons (Fsp3) is 0.228. The van der Waals surface area contributed by atoms with Crippen LogP contribution in [0.25, 0.3) is 27.8 Å². The van der Waals surface area contributed by atoms with Crippen molar-refractivity contribution in [2.45, 2.75) is 76.1 Å². The van der Waals surface area contributed by atoms with Crippen molar-refractivity contribution >= 4 is 22.5 Å². The largest absolute Gasteiger partial charge is 0.350 e. The Bertz CT molecular complexity index is 2000. The minimum absolute atomic E-state index is 0. The number of aryl methyl sites for hydroxylation is 3. The van der Waals surface area contributed by atoms with E-state index >= 15 is 0 Å². The average Bonchev–Trinajstić information content (AvgIpc) is 3.88. The van der Waals surface area contributed by atoms with Crippen molar-refractivity contribution in [2.75, 3.05) is 13.3 Å². The van der Waals surface area contributed by atoms with Crippen molar-refractivity contribution in [2.24, 2.45) is 0 Å². The van der Waals surface area contributed by atoms with Gasteiger partial charge in [-0.1, -0.05) is 246 Å². The average molecular weight is 945 g/mol. The summed E-state index contributed by atoms with van der Waals surface area (Å²) in [5.74, 6) is 0. The molecule has 0 aromatic heterocycles. The second-order valence-electron chi connectivity index (χ2n) is 12.5. The summed E-state index contributed by atoms with van der Waals surface area (Å²) in [5, 5.41) is 0. The minimum Gasteiger partial charge on any atom is -0.350 e. The molecular weight excluding hydrogens is 872 g/mol. The molecule has 0 amide bonds. The first-order valence-electron chi connectivity index (χ1n) is 21.8. The Balaban J connectivity index is -0.000000705. The summed E-state index contributed by atoms with van der Waals surface area (Å²) in [6.07, 6.45) is 4.40. The van der Waals surface area contributed by atoms with Gasteiger partial charge in [-0.15, -0.1) is 23.3 Å². The number of alkyl halides is 1. The van der Waals surface area contributed by atoms with Crippen LogP contribution in [-0.4, -0.2) is 22.7 Å². The van der Waals surface area contributed by atoms with Gasteiger partial charge in [0.2, 0.25) is 0 Å². The SMILES string of the molecule is C.CC.CC.C[C-]=C1c2ccccc2-c2ccccc21.Cc1ccccc1.Cc1ccccc1.Cc1ccccc1.[2H]CCF.[2H]P(C)F.[B]F.[Y].c1ccc2c(c1)Cc1ccccc1-2. The Morgan fingerprint density at radius 1 is 0.508 bits per heavy atom. The molecule has 0 heterocycles. The van der Waals surface area contributed by atoms with E-state index in [4.69, 9.17) is 6.96 Å². The van der Waals surface area contributed by atoms with Crippen molar-refractivity contribution in [3.05, 3.63) is 233 Å². The molecule has 0 saturated carbocycles. The maximum absolute atomic E-state index is 10.7. The Labute approximate surface area is 412 Å². The molecular formula is C57H70BF3PY-. The van der Waals surface area contributed by atoms with Gasteiger partial charge in [-0.25, -0.2) is 10.3 Å². The summed E-state index contributed by atoms with van der Waals surface area (Å²) in [6, 6.07) is 65.1. The number of hydrogen-bond donors (Lipinski definition) is 0. The first kappa shape index (κ1) is 58.7. The summed E-state index contributed by atoms with van der Waals surface area (Å²) < 4.78 is 42.3. The number of halogens is 3. The number of rotatable bonds is 0. The van der Waals surface area contributed by atoms with Crippen LogP contribution in [0.4, 0.5) is 12.9 Å². The minimum atomic E-state index is -1.87. The Hall–Kier alpha value is -4.33. The first-order valence-corrected chi connectivity index (χ1v) is 21.8. The van der Waals surface area contributed by atoms with E-state index in [-0.39, 0.29) is 47.0 Å². The summed E-state index contributed by atoms with van der Waals surface area (Å²) in [7, 11) is 1.13. The van der Waals surface area contributed by atoms with Crippen LogP contribution in [0.1, 0.15) is 89.3 Å².